The summed E-state index contributed by atoms with van der Waals surface area (Å²) in [5.41, 5.74) is 0.503. The van der Waals surface area contributed by atoms with Crippen LogP contribution in [0.2, 0.25) is 0 Å². The van der Waals surface area contributed by atoms with Crippen LogP contribution in [0.5, 0.6) is 0 Å². The molecule has 1 aromatic rings. The van der Waals surface area contributed by atoms with E-state index >= 15 is 0 Å². The molecule has 3 N–H and O–H groups in total. The number of nitrogens with zero attached hydrogens (tertiary/aromatic N) is 2. The van der Waals surface area contributed by atoms with E-state index < -0.39 is 18.4 Å². The van der Waals surface area contributed by atoms with Crippen LogP contribution >= 0.6 is 0 Å². The summed E-state index contributed by atoms with van der Waals surface area (Å²) in [6.45, 7) is 1.68. The van der Waals surface area contributed by atoms with Gasteiger partial charge in [-0.3, -0.25) is 4.57 Å². The number of hydrogen-bond donors (Lipinski definition) is 3. The maximum absolute atomic E-state index is 12.6. The lowest BCUT2D eigenvalue weighted by molar-refractivity contribution is -0.0459. The van der Waals surface area contributed by atoms with Crippen LogP contribution in [0.25, 0.3) is 0 Å². The number of ether oxygens (including phenoxy) is 1. The number of aliphatic hydroxyl groups is 2. The minimum Gasteiger partial charge on any atom is -0.394 e. The van der Waals surface area contributed by atoms with Crippen LogP contribution in [0, 0.1) is 6.92 Å². The number of nitrogens with one attached hydrogen (secondary N) is 1. The van der Waals surface area contributed by atoms with E-state index in [9.17, 15) is 15.0 Å². The van der Waals surface area contributed by atoms with E-state index in [1.165, 1.54) is 62.4 Å². The lowest BCUT2D eigenvalue weighted by Gasteiger charge is -2.22. The van der Waals surface area contributed by atoms with Crippen molar-refractivity contribution in [2.75, 3.05) is 11.9 Å². The Hall–Kier alpha value is -1.44. The van der Waals surface area contributed by atoms with E-state index in [1.54, 1.807) is 6.20 Å². The molecule has 0 bridgehead atoms. The monoisotopic (exact) mass is 407 g/mol. The van der Waals surface area contributed by atoms with E-state index in [0.717, 1.165) is 18.4 Å². The van der Waals surface area contributed by atoms with Gasteiger partial charge in [-0.1, -0.05) is 57.8 Å². The average molecular weight is 408 g/mol. The van der Waals surface area contributed by atoms with Gasteiger partial charge >= 0.3 is 5.69 Å². The Balaban J connectivity index is 1.66. The smallest absolute Gasteiger partial charge is 0.351 e. The number of aliphatic hydroxyl groups excluding tert-OH is 2. The Morgan fingerprint density at radius 1 is 1.10 bits per heavy atom. The predicted molar refractivity (Wildman–Crippen MR) is 113 cm³/mol. The second-order valence-electron chi connectivity index (χ2n) is 8.68. The van der Waals surface area contributed by atoms with Crippen molar-refractivity contribution in [2.45, 2.75) is 108 Å². The molecule has 1 aromatic heterocycles. The molecule has 0 unspecified atom stereocenters. The van der Waals surface area contributed by atoms with Gasteiger partial charge in [-0.05, 0) is 19.8 Å². The number of rotatable bonds is 4. The maximum atomic E-state index is 12.6. The highest BCUT2D eigenvalue weighted by molar-refractivity contribution is 5.42. The molecule has 7 heteroatoms. The molecule has 0 spiro atoms. The van der Waals surface area contributed by atoms with Gasteiger partial charge in [0.15, 0.2) is 0 Å². The van der Waals surface area contributed by atoms with Gasteiger partial charge in [0, 0.05) is 24.2 Å². The first-order valence-corrected chi connectivity index (χ1v) is 11.4. The van der Waals surface area contributed by atoms with Crippen LogP contribution in [0.3, 0.4) is 0 Å². The Kier molecular flexibility index (Phi) is 8.51. The van der Waals surface area contributed by atoms with Crippen molar-refractivity contribution in [1.82, 2.24) is 9.55 Å². The molecule has 3 atom stereocenters. The van der Waals surface area contributed by atoms with Gasteiger partial charge in [-0.15, -0.1) is 0 Å². The van der Waals surface area contributed by atoms with Crippen LogP contribution in [0.4, 0.5) is 5.82 Å². The highest BCUT2D eigenvalue weighted by Gasteiger charge is 2.35. The summed E-state index contributed by atoms with van der Waals surface area (Å²) in [5.74, 6) is 0.653. The Morgan fingerprint density at radius 2 is 1.69 bits per heavy atom. The van der Waals surface area contributed by atoms with Crippen molar-refractivity contribution in [2.24, 2.45) is 0 Å². The number of hydrogen-bond acceptors (Lipinski definition) is 6. The van der Waals surface area contributed by atoms with E-state index in [4.69, 9.17) is 4.74 Å². The number of anilines is 1. The molecular weight excluding hydrogens is 370 g/mol. The fourth-order valence-electron chi connectivity index (χ4n) is 4.47. The van der Waals surface area contributed by atoms with Gasteiger partial charge in [-0.25, -0.2) is 4.79 Å². The Morgan fingerprint density at radius 3 is 2.24 bits per heavy atom. The highest BCUT2D eigenvalue weighted by atomic mass is 16.5. The van der Waals surface area contributed by atoms with Crippen LogP contribution in [-0.4, -0.2) is 44.6 Å². The van der Waals surface area contributed by atoms with Crippen molar-refractivity contribution in [3.05, 3.63) is 22.2 Å². The second kappa shape index (κ2) is 11.1. The third-order valence-electron chi connectivity index (χ3n) is 6.27. The number of aromatic nitrogens is 2. The van der Waals surface area contributed by atoms with Gasteiger partial charge in [0.1, 0.15) is 18.1 Å². The molecule has 1 aliphatic carbocycles. The molecule has 2 fully saturated rings. The predicted octanol–water partition coefficient (Wildman–Crippen LogP) is 3.28. The topological polar surface area (TPSA) is 96.6 Å². The molecule has 1 saturated carbocycles. The summed E-state index contributed by atoms with van der Waals surface area (Å²) in [4.78, 5) is 16.9. The summed E-state index contributed by atoms with van der Waals surface area (Å²) < 4.78 is 7.05. The average Bonchev–Trinajstić information content (AvgIpc) is 3.07. The van der Waals surface area contributed by atoms with Crippen molar-refractivity contribution in [3.63, 3.8) is 0 Å². The molecular formula is C22H37N3O4. The van der Waals surface area contributed by atoms with Gasteiger partial charge in [0.05, 0.1) is 12.7 Å². The van der Waals surface area contributed by atoms with Crippen molar-refractivity contribution < 1.29 is 14.9 Å². The molecule has 2 heterocycles. The van der Waals surface area contributed by atoms with Crippen molar-refractivity contribution >= 4 is 5.82 Å². The fraction of sp³-hybridized carbons (Fsp3) is 0.818. The lowest BCUT2D eigenvalue weighted by Crippen LogP contribution is -2.30. The summed E-state index contributed by atoms with van der Waals surface area (Å²) in [7, 11) is 0. The fourth-order valence-corrected chi connectivity index (χ4v) is 4.47. The van der Waals surface area contributed by atoms with Crippen LogP contribution < -0.4 is 11.0 Å². The van der Waals surface area contributed by atoms with Gasteiger partial charge in [-0.2, -0.15) is 4.98 Å². The van der Waals surface area contributed by atoms with Crippen molar-refractivity contribution in [1.29, 1.82) is 0 Å². The van der Waals surface area contributed by atoms with Crippen molar-refractivity contribution in [3.8, 4) is 0 Å². The first-order valence-electron chi connectivity index (χ1n) is 11.4. The largest absolute Gasteiger partial charge is 0.394 e. The first kappa shape index (κ1) is 22.2. The van der Waals surface area contributed by atoms with Crippen LogP contribution in [-0.2, 0) is 4.74 Å². The molecule has 1 aliphatic heterocycles. The van der Waals surface area contributed by atoms with Crippen LogP contribution in [0.15, 0.2) is 11.0 Å². The standard InChI is InChI=1S/C22H37N3O4/c1-16-14-25(20-13-18(27)19(15-26)29-20)22(28)24-21(16)23-17-11-9-7-5-3-2-4-6-8-10-12-17/h14,17-20,26-27H,2-13,15H2,1H3,(H,23,24,28)/t18-,19+,20+/m1/s1. The van der Waals surface area contributed by atoms with E-state index in [2.05, 4.69) is 10.3 Å². The zero-order valence-electron chi connectivity index (χ0n) is 17.7. The lowest BCUT2D eigenvalue weighted by atomic mass is 9.98. The third-order valence-corrected chi connectivity index (χ3v) is 6.27. The number of aryl methyl sites for hydroxylation is 1. The molecule has 29 heavy (non-hydrogen) atoms. The van der Waals surface area contributed by atoms with E-state index in [0.29, 0.717) is 11.9 Å². The third kappa shape index (κ3) is 6.27. The quantitative estimate of drug-likeness (QED) is 0.709. The summed E-state index contributed by atoms with van der Waals surface area (Å²) in [6, 6.07) is 0.346. The Labute approximate surface area is 173 Å². The molecule has 0 aromatic carbocycles. The summed E-state index contributed by atoms with van der Waals surface area (Å²) in [5, 5.41) is 22.7. The highest BCUT2D eigenvalue weighted by Crippen LogP contribution is 2.28. The van der Waals surface area contributed by atoms with Gasteiger partial charge in [0.2, 0.25) is 0 Å². The Bertz CT molecular complexity index is 681. The summed E-state index contributed by atoms with van der Waals surface area (Å²) in [6.07, 6.45) is 14.0. The van der Waals surface area contributed by atoms with E-state index in [1.807, 2.05) is 6.92 Å². The SMILES string of the molecule is Cc1cn([C@@H]2C[C@@H](O)[C@H](CO)O2)c(=O)nc1NC1CCCCCCCCCCC1. The molecule has 0 radical (unpaired) electrons. The summed E-state index contributed by atoms with van der Waals surface area (Å²) >= 11 is 0. The second-order valence-corrected chi connectivity index (χ2v) is 8.68. The molecule has 164 valence electrons. The van der Waals surface area contributed by atoms with Gasteiger partial charge < -0.3 is 20.3 Å². The van der Waals surface area contributed by atoms with Crippen LogP contribution in [0.1, 0.15) is 88.8 Å². The van der Waals surface area contributed by atoms with Gasteiger partial charge in [0.25, 0.3) is 0 Å². The molecule has 7 nitrogen and oxygen atoms in total. The molecule has 3 rings (SSSR count). The molecule has 0 amide bonds. The molecule has 1 saturated heterocycles. The molecule has 2 aliphatic rings. The zero-order valence-corrected chi connectivity index (χ0v) is 17.7. The normalized spacial score (nSPS) is 27.9. The minimum atomic E-state index is -0.772. The zero-order chi connectivity index (χ0) is 20.6. The minimum absolute atomic E-state index is 0.264. The first-order chi connectivity index (χ1) is 14.1. The van der Waals surface area contributed by atoms with E-state index in [-0.39, 0.29) is 18.7 Å². The maximum Gasteiger partial charge on any atom is 0.351 e.